The molecule has 4 heterocycles. The molecule has 1 atom stereocenters. The highest BCUT2D eigenvalue weighted by Crippen LogP contribution is 2.37. The lowest BCUT2D eigenvalue weighted by atomic mass is 10.1. The number of nitrogen functional groups attached to an aromatic ring is 1. The molecule has 0 amide bonds. The summed E-state index contributed by atoms with van der Waals surface area (Å²) in [5.74, 6) is -0.949. The van der Waals surface area contributed by atoms with E-state index in [4.69, 9.17) is 16.6 Å². The molecule has 1 aliphatic heterocycles. The number of carboxylic acid groups (broad SMARTS) is 1. The van der Waals surface area contributed by atoms with Crippen molar-refractivity contribution in [2.45, 2.75) is 32.4 Å². The molecule has 34 heavy (non-hydrogen) atoms. The van der Waals surface area contributed by atoms with Crippen molar-refractivity contribution in [1.82, 2.24) is 19.7 Å². The number of halogens is 1. The summed E-state index contributed by atoms with van der Waals surface area (Å²) in [6.07, 6.45) is 8.69. The Morgan fingerprint density at radius 1 is 1.29 bits per heavy atom. The molecule has 1 fully saturated rings. The molecule has 1 saturated heterocycles. The fraction of sp³-hybridized carbons (Fsp3) is 0.292. The number of fused-ring (bicyclic) bond motifs is 1. The number of nitrogens with one attached hydrogen (secondary N) is 1. The number of piperidine rings is 1. The van der Waals surface area contributed by atoms with E-state index in [0.717, 1.165) is 58.4 Å². The maximum Gasteiger partial charge on any atom is 0.338 e. The second-order valence-corrected chi connectivity index (χ2v) is 9.34. The molecule has 9 nitrogen and oxygen atoms in total. The lowest BCUT2D eigenvalue weighted by Crippen LogP contribution is -2.43. The van der Waals surface area contributed by atoms with E-state index in [1.165, 1.54) is 18.0 Å². The van der Waals surface area contributed by atoms with Crippen molar-refractivity contribution < 1.29 is 9.90 Å². The second-order valence-electron chi connectivity index (χ2n) is 8.49. The predicted molar refractivity (Wildman–Crippen MR) is 137 cm³/mol. The van der Waals surface area contributed by atoms with Crippen LogP contribution in [-0.4, -0.2) is 50.0 Å². The third-order valence-corrected chi connectivity index (χ3v) is 6.36. The Kier molecular flexibility index (Phi) is 7.18. The maximum atomic E-state index is 10.7. The summed E-state index contributed by atoms with van der Waals surface area (Å²) in [4.78, 5) is 20.4. The first kappa shape index (κ1) is 23.8. The van der Waals surface area contributed by atoms with E-state index in [2.05, 4.69) is 35.9 Å². The van der Waals surface area contributed by atoms with Gasteiger partial charge in [-0.3, -0.25) is 4.68 Å². The van der Waals surface area contributed by atoms with Crippen molar-refractivity contribution in [3.05, 3.63) is 70.2 Å². The Morgan fingerprint density at radius 2 is 2.06 bits per heavy atom. The number of aryl methyl sites for hydroxylation is 1. The quantitative estimate of drug-likeness (QED) is 0.318. The molecule has 1 aliphatic rings. The third kappa shape index (κ3) is 5.40. The Bertz CT molecular complexity index is 1280. The van der Waals surface area contributed by atoms with Crippen LogP contribution in [0.5, 0.6) is 0 Å². The standard InChI is InChI=1S/C12H16BrN5.C12H12N2O2/c13-8-4-16-12-10(9(15)5-17-12)11(8)18-3-1-2-7(14)6-18;1-9-2-4-10(5-3-9)7-14-8-11(6-13-14)12(15)16/h4-5,7H,1-3,6,14-15H2,(H,16,17);2-6,8H,7H2,1H3,(H,15,16)/t7-;/m1./s1. The van der Waals surface area contributed by atoms with Crippen LogP contribution in [0.1, 0.15) is 34.3 Å². The zero-order valence-electron chi connectivity index (χ0n) is 18.9. The Balaban J connectivity index is 0.000000162. The molecule has 0 saturated carbocycles. The molecule has 3 aromatic heterocycles. The van der Waals surface area contributed by atoms with E-state index in [9.17, 15) is 4.79 Å². The number of hydrogen-bond donors (Lipinski definition) is 4. The first-order valence-corrected chi connectivity index (χ1v) is 11.8. The van der Waals surface area contributed by atoms with Crippen LogP contribution in [0.15, 0.2) is 53.5 Å². The number of nitrogens with two attached hydrogens (primary N) is 2. The van der Waals surface area contributed by atoms with Crippen LogP contribution in [-0.2, 0) is 6.54 Å². The van der Waals surface area contributed by atoms with Crippen molar-refractivity contribution in [1.29, 1.82) is 0 Å². The fourth-order valence-corrected chi connectivity index (χ4v) is 4.59. The van der Waals surface area contributed by atoms with Crippen LogP contribution in [0.25, 0.3) is 11.0 Å². The summed E-state index contributed by atoms with van der Waals surface area (Å²) < 4.78 is 2.59. The number of carboxylic acids is 1. The molecule has 0 bridgehead atoms. The lowest BCUT2D eigenvalue weighted by molar-refractivity contribution is 0.0696. The molecule has 0 spiro atoms. The van der Waals surface area contributed by atoms with Crippen LogP contribution < -0.4 is 16.4 Å². The number of pyridine rings is 1. The number of aromatic nitrogens is 4. The summed E-state index contributed by atoms with van der Waals surface area (Å²) in [5, 5.41) is 13.7. The highest BCUT2D eigenvalue weighted by atomic mass is 79.9. The minimum Gasteiger partial charge on any atom is -0.478 e. The van der Waals surface area contributed by atoms with Gasteiger partial charge in [-0.15, -0.1) is 0 Å². The number of anilines is 2. The van der Waals surface area contributed by atoms with Crippen LogP contribution in [0.4, 0.5) is 11.4 Å². The topological polar surface area (TPSA) is 139 Å². The number of nitrogens with zero attached hydrogens (tertiary/aromatic N) is 4. The monoisotopic (exact) mass is 525 g/mol. The summed E-state index contributed by atoms with van der Waals surface area (Å²) in [5.41, 5.74) is 17.3. The van der Waals surface area contributed by atoms with Gasteiger partial charge >= 0.3 is 5.97 Å². The largest absolute Gasteiger partial charge is 0.478 e. The van der Waals surface area contributed by atoms with Gasteiger partial charge in [-0.1, -0.05) is 29.8 Å². The van der Waals surface area contributed by atoms with Gasteiger partial charge in [-0.25, -0.2) is 9.78 Å². The number of carbonyl (C=O) groups is 1. The number of hydrogen-bond acceptors (Lipinski definition) is 6. The van der Waals surface area contributed by atoms with Crippen LogP contribution in [0.2, 0.25) is 0 Å². The molecule has 178 valence electrons. The van der Waals surface area contributed by atoms with Crippen LogP contribution in [0.3, 0.4) is 0 Å². The minimum atomic E-state index is -0.949. The highest BCUT2D eigenvalue weighted by molar-refractivity contribution is 9.10. The van der Waals surface area contributed by atoms with Crippen molar-refractivity contribution in [2.24, 2.45) is 5.73 Å². The van der Waals surface area contributed by atoms with Gasteiger partial charge in [-0.2, -0.15) is 5.10 Å². The number of H-pyrrole nitrogens is 1. The molecule has 0 unspecified atom stereocenters. The summed E-state index contributed by atoms with van der Waals surface area (Å²) in [7, 11) is 0. The molecule has 0 aliphatic carbocycles. The predicted octanol–water partition coefficient (Wildman–Crippen LogP) is 3.77. The van der Waals surface area contributed by atoms with Gasteiger partial charge in [0.15, 0.2) is 0 Å². The van der Waals surface area contributed by atoms with Crippen molar-refractivity contribution in [3.8, 4) is 0 Å². The van der Waals surface area contributed by atoms with Crippen molar-refractivity contribution >= 4 is 44.3 Å². The fourth-order valence-electron chi connectivity index (χ4n) is 4.04. The van der Waals surface area contributed by atoms with Crippen LogP contribution >= 0.6 is 15.9 Å². The van der Waals surface area contributed by atoms with E-state index >= 15 is 0 Å². The molecular weight excluding hydrogens is 498 g/mol. The maximum absolute atomic E-state index is 10.7. The third-order valence-electron chi connectivity index (χ3n) is 5.78. The Morgan fingerprint density at radius 3 is 2.74 bits per heavy atom. The van der Waals surface area contributed by atoms with E-state index in [1.807, 2.05) is 37.4 Å². The normalized spacial score (nSPS) is 15.7. The smallest absolute Gasteiger partial charge is 0.338 e. The zero-order chi connectivity index (χ0) is 24.2. The van der Waals surface area contributed by atoms with Crippen molar-refractivity contribution in [3.63, 3.8) is 0 Å². The van der Waals surface area contributed by atoms with Gasteiger partial charge in [-0.05, 0) is 41.3 Å². The first-order chi connectivity index (χ1) is 16.3. The molecule has 4 aromatic rings. The van der Waals surface area contributed by atoms with Gasteiger partial charge in [0.05, 0.1) is 39.5 Å². The van der Waals surface area contributed by atoms with Gasteiger partial charge in [0, 0.05) is 37.7 Å². The average Bonchev–Trinajstić information content (AvgIpc) is 3.43. The van der Waals surface area contributed by atoms with E-state index in [-0.39, 0.29) is 11.6 Å². The zero-order valence-corrected chi connectivity index (χ0v) is 20.5. The van der Waals surface area contributed by atoms with Gasteiger partial charge in [0.25, 0.3) is 0 Å². The minimum absolute atomic E-state index is 0.215. The molecule has 5 rings (SSSR count). The Labute approximate surface area is 205 Å². The molecular formula is C24H28BrN7O2. The average molecular weight is 526 g/mol. The highest BCUT2D eigenvalue weighted by Gasteiger charge is 2.22. The number of aromatic amines is 1. The van der Waals surface area contributed by atoms with Crippen molar-refractivity contribution in [2.75, 3.05) is 23.7 Å². The number of rotatable bonds is 4. The molecule has 1 aromatic carbocycles. The van der Waals surface area contributed by atoms with Gasteiger partial charge in [0.1, 0.15) is 5.65 Å². The Hall–Kier alpha value is -3.37. The molecule has 10 heteroatoms. The van der Waals surface area contributed by atoms with Gasteiger partial charge < -0.3 is 26.5 Å². The van der Waals surface area contributed by atoms with E-state index in [1.54, 1.807) is 10.9 Å². The summed E-state index contributed by atoms with van der Waals surface area (Å²) >= 11 is 3.58. The second kappa shape index (κ2) is 10.3. The van der Waals surface area contributed by atoms with Gasteiger partial charge in [0.2, 0.25) is 0 Å². The lowest BCUT2D eigenvalue weighted by Gasteiger charge is -2.33. The van der Waals surface area contributed by atoms with E-state index < -0.39 is 5.97 Å². The first-order valence-electron chi connectivity index (χ1n) is 11.0. The number of aromatic carboxylic acids is 1. The molecule has 6 N–H and O–H groups in total. The SMILES string of the molecule is Cc1ccc(Cn2cc(C(=O)O)cn2)cc1.Nc1c[nH]c2ncc(Br)c(N3CCC[C@@H](N)C3)c12. The number of benzene rings is 1. The summed E-state index contributed by atoms with van der Waals surface area (Å²) in [6, 6.07) is 8.30. The van der Waals surface area contributed by atoms with E-state index in [0.29, 0.717) is 6.54 Å². The van der Waals surface area contributed by atoms with Crippen LogP contribution in [0, 0.1) is 6.92 Å². The summed E-state index contributed by atoms with van der Waals surface area (Å²) in [6.45, 7) is 4.49. The molecule has 0 radical (unpaired) electrons.